The molecule has 0 saturated carbocycles. The summed E-state index contributed by atoms with van der Waals surface area (Å²) in [5.74, 6) is -1.25. The Labute approximate surface area is 229 Å². The number of rotatable bonds is 12. The van der Waals surface area contributed by atoms with Gasteiger partial charge >= 0.3 is 0 Å². The van der Waals surface area contributed by atoms with E-state index in [1.54, 1.807) is 17.0 Å². The Morgan fingerprint density at radius 1 is 0.868 bits per heavy atom. The molecule has 1 fully saturated rings. The van der Waals surface area contributed by atoms with Gasteiger partial charge in [-0.25, -0.2) is 0 Å². The van der Waals surface area contributed by atoms with Crippen molar-refractivity contribution in [2.75, 3.05) is 26.2 Å². The van der Waals surface area contributed by atoms with E-state index in [1.165, 1.54) is 5.56 Å². The molecule has 1 unspecified atom stereocenters. The molecule has 5 nitrogen and oxygen atoms in total. The summed E-state index contributed by atoms with van der Waals surface area (Å²) in [7, 11) is 0. The molecule has 5 heteroatoms. The summed E-state index contributed by atoms with van der Waals surface area (Å²) in [4.78, 5) is 30.9. The van der Waals surface area contributed by atoms with E-state index < -0.39 is 17.7 Å². The van der Waals surface area contributed by atoms with Gasteiger partial charge < -0.3 is 14.9 Å². The number of carbonyl (C=O) groups is 2. The molecule has 2 aromatic rings. The summed E-state index contributed by atoms with van der Waals surface area (Å²) < 4.78 is 0. The summed E-state index contributed by atoms with van der Waals surface area (Å²) >= 11 is 0. The quantitative estimate of drug-likeness (QED) is 0.187. The van der Waals surface area contributed by atoms with E-state index in [0.717, 1.165) is 62.9 Å². The molecule has 1 N–H and O–H groups in total. The van der Waals surface area contributed by atoms with Gasteiger partial charge in [-0.05, 0) is 62.4 Å². The number of aliphatic hydroxyl groups is 1. The van der Waals surface area contributed by atoms with Gasteiger partial charge in [0.05, 0.1) is 11.6 Å². The largest absolute Gasteiger partial charge is 0.507 e. The van der Waals surface area contributed by atoms with Gasteiger partial charge in [-0.2, -0.15) is 0 Å². The van der Waals surface area contributed by atoms with Crippen molar-refractivity contribution in [3.63, 3.8) is 0 Å². The van der Waals surface area contributed by atoms with Gasteiger partial charge in [0.1, 0.15) is 5.76 Å². The predicted molar refractivity (Wildman–Crippen MR) is 156 cm³/mol. The number of unbranched alkanes of at least 4 members (excludes halogenated alkanes) is 2. The van der Waals surface area contributed by atoms with Crippen LogP contribution in [0, 0.1) is 6.92 Å². The second-order valence-electron chi connectivity index (χ2n) is 11.6. The van der Waals surface area contributed by atoms with Crippen molar-refractivity contribution in [3.8, 4) is 0 Å². The summed E-state index contributed by atoms with van der Waals surface area (Å²) in [6, 6.07) is 14.9. The van der Waals surface area contributed by atoms with Crippen molar-refractivity contribution >= 4 is 17.4 Å². The van der Waals surface area contributed by atoms with Crippen molar-refractivity contribution in [3.05, 3.63) is 76.4 Å². The smallest absolute Gasteiger partial charge is 0.295 e. The maximum atomic E-state index is 13.4. The van der Waals surface area contributed by atoms with Gasteiger partial charge in [-0.3, -0.25) is 9.59 Å². The van der Waals surface area contributed by atoms with E-state index >= 15 is 0 Å². The van der Waals surface area contributed by atoms with Crippen LogP contribution in [0.4, 0.5) is 0 Å². The van der Waals surface area contributed by atoms with Crippen molar-refractivity contribution in [1.29, 1.82) is 0 Å². The normalized spacial score (nSPS) is 17.6. The number of hydrogen-bond donors (Lipinski definition) is 1. The molecule has 1 atom stereocenters. The molecule has 3 rings (SSSR count). The molecule has 2 aromatic carbocycles. The number of nitrogens with zero attached hydrogens (tertiary/aromatic N) is 2. The molecule has 1 saturated heterocycles. The van der Waals surface area contributed by atoms with Gasteiger partial charge in [-0.15, -0.1) is 0 Å². The molecular weight excluding hydrogens is 472 g/mol. The van der Waals surface area contributed by atoms with Crippen LogP contribution in [0.1, 0.15) is 95.0 Å². The minimum Gasteiger partial charge on any atom is -0.507 e. The van der Waals surface area contributed by atoms with Crippen LogP contribution in [0.5, 0.6) is 0 Å². The van der Waals surface area contributed by atoms with E-state index in [9.17, 15) is 14.7 Å². The van der Waals surface area contributed by atoms with E-state index in [4.69, 9.17) is 0 Å². The third-order valence-corrected chi connectivity index (χ3v) is 7.49. The van der Waals surface area contributed by atoms with E-state index in [1.807, 2.05) is 31.2 Å². The highest BCUT2D eigenvalue weighted by molar-refractivity contribution is 6.46. The number of aliphatic hydroxyl groups excluding tert-OH is 1. The third kappa shape index (κ3) is 7.13. The molecule has 206 valence electrons. The molecule has 0 radical (unpaired) electrons. The molecule has 0 aromatic heterocycles. The lowest BCUT2D eigenvalue weighted by Gasteiger charge is -2.28. The first-order chi connectivity index (χ1) is 18.1. The molecule has 0 bridgehead atoms. The van der Waals surface area contributed by atoms with Crippen LogP contribution in [0.3, 0.4) is 0 Å². The second kappa shape index (κ2) is 13.2. The molecule has 0 spiro atoms. The van der Waals surface area contributed by atoms with Gasteiger partial charge in [0.15, 0.2) is 0 Å². The summed E-state index contributed by atoms with van der Waals surface area (Å²) in [5, 5.41) is 11.3. The Kier molecular flexibility index (Phi) is 10.3. The van der Waals surface area contributed by atoms with E-state index in [-0.39, 0.29) is 16.7 Å². The zero-order valence-electron chi connectivity index (χ0n) is 24.2. The molecule has 38 heavy (non-hydrogen) atoms. The van der Waals surface area contributed by atoms with Crippen LogP contribution in [-0.4, -0.2) is 52.8 Å². The fourth-order valence-electron chi connectivity index (χ4n) is 5.05. The average Bonchev–Trinajstić information content (AvgIpc) is 3.14. The summed E-state index contributed by atoms with van der Waals surface area (Å²) in [6.45, 7) is 16.3. The van der Waals surface area contributed by atoms with Crippen LogP contribution in [0.2, 0.25) is 0 Å². The Balaban J connectivity index is 1.95. The van der Waals surface area contributed by atoms with Crippen LogP contribution in [0.25, 0.3) is 5.76 Å². The average molecular weight is 519 g/mol. The van der Waals surface area contributed by atoms with Crippen LogP contribution in [0.15, 0.2) is 54.1 Å². The molecule has 1 amide bonds. The molecular formula is C33H46N2O3. The molecule has 1 aliphatic rings. The molecule has 1 aliphatic heterocycles. The number of benzene rings is 2. The number of ketones is 1. The van der Waals surface area contributed by atoms with Crippen molar-refractivity contribution in [2.24, 2.45) is 0 Å². The standard InChI is InChI=1S/C33H46N2O3/c1-7-9-20-34(21-10-8-2)22-11-23-35-29(25-16-18-27(19-17-25)33(4,5)6)28(31(37)32(35)38)30(36)26-14-12-24(3)13-15-26/h12-19,29,36H,7-11,20-23H2,1-6H3/b30-28+. The number of aryl methyl sites for hydroxylation is 1. The van der Waals surface area contributed by atoms with E-state index in [0.29, 0.717) is 12.1 Å². The minimum absolute atomic E-state index is 0.0112. The lowest BCUT2D eigenvalue weighted by Crippen LogP contribution is -2.34. The Hall–Kier alpha value is -2.92. The highest BCUT2D eigenvalue weighted by Crippen LogP contribution is 2.40. The zero-order valence-corrected chi connectivity index (χ0v) is 24.2. The van der Waals surface area contributed by atoms with Crippen molar-refractivity contribution < 1.29 is 14.7 Å². The third-order valence-electron chi connectivity index (χ3n) is 7.49. The van der Waals surface area contributed by atoms with Crippen LogP contribution >= 0.6 is 0 Å². The van der Waals surface area contributed by atoms with Gasteiger partial charge in [0.25, 0.3) is 11.7 Å². The second-order valence-corrected chi connectivity index (χ2v) is 11.6. The number of carbonyl (C=O) groups excluding carboxylic acids is 2. The minimum atomic E-state index is -0.609. The van der Waals surface area contributed by atoms with Crippen LogP contribution < -0.4 is 0 Å². The summed E-state index contributed by atoms with van der Waals surface area (Å²) in [6.07, 6.45) is 5.40. The van der Waals surface area contributed by atoms with Gasteiger partial charge in [0, 0.05) is 12.1 Å². The topological polar surface area (TPSA) is 60.9 Å². The molecule has 0 aliphatic carbocycles. The highest BCUT2D eigenvalue weighted by atomic mass is 16.3. The lowest BCUT2D eigenvalue weighted by atomic mass is 9.85. The van der Waals surface area contributed by atoms with Crippen LogP contribution in [-0.2, 0) is 15.0 Å². The maximum absolute atomic E-state index is 13.4. The monoisotopic (exact) mass is 518 g/mol. The number of hydrogen-bond acceptors (Lipinski definition) is 4. The fourth-order valence-corrected chi connectivity index (χ4v) is 5.05. The first kappa shape index (κ1) is 29.6. The Bertz CT molecular complexity index is 1100. The van der Waals surface area contributed by atoms with Crippen molar-refractivity contribution in [1.82, 2.24) is 9.80 Å². The zero-order chi connectivity index (χ0) is 27.9. The maximum Gasteiger partial charge on any atom is 0.295 e. The fraction of sp³-hybridized carbons (Fsp3) is 0.515. The SMILES string of the molecule is CCCCN(CCCC)CCCN1C(=O)C(=O)/C(=C(/O)c2ccc(C)cc2)C1c1ccc(C(C)(C)C)cc1. The Morgan fingerprint density at radius 2 is 1.42 bits per heavy atom. The van der Waals surface area contributed by atoms with Gasteiger partial charge in [-0.1, -0.05) is 102 Å². The van der Waals surface area contributed by atoms with Gasteiger partial charge in [0.2, 0.25) is 0 Å². The van der Waals surface area contributed by atoms with Crippen molar-refractivity contribution in [2.45, 2.75) is 85.1 Å². The highest BCUT2D eigenvalue weighted by Gasteiger charge is 2.45. The number of amides is 1. The number of likely N-dealkylation sites (tertiary alicyclic amines) is 1. The first-order valence-corrected chi connectivity index (χ1v) is 14.3. The summed E-state index contributed by atoms with van der Waals surface area (Å²) in [5.41, 5.74) is 3.81. The first-order valence-electron chi connectivity index (χ1n) is 14.3. The number of Topliss-reactive ketones (excluding diaryl/α,β-unsaturated/α-hetero) is 1. The predicted octanol–water partition coefficient (Wildman–Crippen LogP) is 7.01. The lowest BCUT2D eigenvalue weighted by molar-refractivity contribution is -0.140. The van der Waals surface area contributed by atoms with E-state index in [2.05, 4.69) is 51.7 Å². The Morgan fingerprint density at radius 3 is 1.95 bits per heavy atom. The molecule has 1 heterocycles.